The zero-order valence-electron chi connectivity index (χ0n) is 11.6. The van der Waals surface area contributed by atoms with E-state index in [9.17, 15) is 13.2 Å². The van der Waals surface area contributed by atoms with Crippen molar-refractivity contribution in [2.24, 2.45) is 0 Å². The Bertz CT molecular complexity index is 777. The maximum Gasteiger partial charge on any atom is 0.257 e. The number of fused-ring (bicyclic) bond motifs is 1. The highest BCUT2D eigenvalue weighted by atomic mass is 32.2. The molecule has 0 spiro atoms. The number of para-hydroxylation sites is 1. The van der Waals surface area contributed by atoms with Crippen LogP contribution in [0.1, 0.15) is 18.9 Å². The highest BCUT2D eigenvalue weighted by Crippen LogP contribution is 2.17. The molecule has 1 amide bonds. The van der Waals surface area contributed by atoms with E-state index >= 15 is 0 Å². The van der Waals surface area contributed by atoms with Crippen LogP contribution in [0.3, 0.4) is 0 Å². The minimum absolute atomic E-state index is 0.0647. The predicted octanol–water partition coefficient (Wildman–Crippen LogP) is 2.10. The Balaban J connectivity index is 2.18. The molecule has 0 unspecified atom stereocenters. The normalized spacial score (nSPS) is 11.9. The molecule has 1 heterocycles. The molecule has 6 heteroatoms. The van der Waals surface area contributed by atoms with Gasteiger partial charge in [0.2, 0.25) is 10.0 Å². The largest absolute Gasteiger partial charge is 0.269 e. The number of pyridine rings is 1. The first kappa shape index (κ1) is 15.2. The van der Waals surface area contributed by atoms with E-state index < -0.39 is 15.9 Å². The number of rotatable bonds is 5. The Morgan fingerprint density at radius 1 is 1.29 bits per heavy atom. The van der Waals surface area contributed by atoms with Crippen molar-refractivity contribution < 1.29 is 13.2 Å². The molecule has 5 nitrogen and oxygen atoms in total. The van der Waals surface area contributed by atoms with Gasteiger partial charge in [-0.05, 0) is 30.2 Å². The van der Waals surface area contributed by atoms with Crippen LogP contribution in [0, 0.1) is 0 Å². The van der Waals surface area contributed by atoms with E-state index in [0.717, 1.165) is 16.5 Å². The maximum atomic E-state index is 11.7. The summed E-state index contributed by atoms with van der Waals surface area (Å²) < 4.78 is 25.0. The number of benzene rings is 1. The van der Waals surface area contributed by atoms with Crippen LogP contribution in [0.2, 0.25) is 0 Å². The van der Waals surface area contributed by atoms with Crippen molar-refractivity contribution in [3.05, 3.63) is 48.2 Å². The van der Waals surface area contributed by atoms with Crippen LogP contribution in [0.4, 0.5) is 0 Å². The van der Waals surface area contributed by atoms with Gasteiger partial charge in [0.05, 0.1) is 11.3 Å². The van der Waals surface area contributed by atoms with Crippen LogP contribution in [0.25, 0.3) is 17.0 Å². The fourth-order valence-corrected chi connectivity index (χ4v) is 2.95. The molecule has 0 atom stereocenters. The van der Waals surface area contributed by atoms with Gasteiger partial charge in [-0.3, -0.25) is 9.78 Å². The summed E-state index contributed by atoms with van der Waals surface area (Å²) in [5.74, 6) is -0.713. The first-order valence-corrected chi connectivity index (χ1v) is 8.23. The molecule has 0 aliphatic rings. The number of aromatic nitrogens is 1. The molecule has 0 saturated carbocycles. The number of carbonyl (C=O) groups excluding carboxylic acids is 1. The Kier molecular flexibility index (Phi) is 4.70. The van der Waals surface area contributed by atoms with E-state index in [2.05, 4.69) is 4.98 Å². The van der Waals surface area contributed by atoms with Crippen LogP contribution >= 0.6 is 0 Å². The van der Waals surface area contributed by atoms with Gasteiger partial charge in [0.25, 0.3) is 5.91 Å². The molecule has 0 radical (unpaired) electrons. The number of carbonyl (C=O) groups is 1. The van der Waals surface area contributed by atoms with Gasteiger partial charge in [-0.25, -0.2) is 13.1 Å². The highest BCUT2D eigenvalue weighted by Gasteiger charge is 2.10. The molecule has 0 aliphatic heterocycles. The maximum absolute atomic E-state index is 11.7. The second kappa shape index (κ2) is 6.49. The van der Waals surface area contributed by atoms with Crippen LogP contribution in [-0.2, 0) is 14.8 Å². The van der Waals surface area contributed by atoms with Crippen LogP contribution in [0.15, 0.2) is 42.6 Å². The number of nitrogens with one attached hydrogen (secondary N) is 1. The zero-order valence-corrected chi connectivity index (χ0v) is 12.4. The average Bonchev–Trinajstić information content (AvgIpc) is 2.44. The fourth-order valence-electron chi connectivity index (χ4n) is 1.94. The third-order valence-electron chi connectivity index (χ3n) is 2.83. The molecule has 21 heavy (non-hydrogen) atoms. The van der Waals surface area contributed by atoms with Gasteiger partial charge in [-0.2, -0.15) is 0 Å². The first-order valence-electron chi connectivity index (χ1n) is 6.58. The minimum Gasteiger partial charge on any atom is -0.269 e. The molecule has 2 rings (SSSR count). The number of nitrogens with zero attached hydrogens (tertiary/aromatic N) is 1. The molecular weight excluding hydrogens is 288 g/mol. The summed E-state index contributed by atoms with van der Waals surface area (Å²) in [7, 11) is -3.54. The summed E-state index contributed by atoms with van der Waals surface area (Å²) in [6.45, 7) is 1.74. The van der Waals surface area contributed by atoms with Gasteiger partial charge in [0.15, 0.2) is 0 Å². The molecule has 0 saturated heterocycles. The van der Waals surface area contributed by atoms with Crippen molar-refractivity contribution in [1.82, 2.24) is 9.71 Å². The molecule has 110 valence electrons. The smallest absolute Gasteiger partial charge is 0.257 e. The average molecular weight is 304 g/mol. The van der Waals surface area contributed by atoms with Gasteiger partial charge < -0.3 is 0 Å². The third-order valence-corrected chi connectivity index (χ3v) is 4.28. The van der Waals surface area contributed by atoms with E-state index in [1.165, 1.54) is 6.08 Å². The number of hydrogen-bond acceptors (Lipinski definition) is 4. The van der Waals surface area contributed by atoms with E-state index in [4.69, 9.17) is 0 Å². The second-order valence-corrected chi connectivity index (χ2v) is 6.38. The second-order valence-electron chi connectivity index (χ2n) is 4.54. The summed E-state index contributed by atoms with van der Waals surface area (Å²) in [6.07, 6.45) is 4.91. The number of sulfonamides is 1. The van der Waals surface area contributed by atoms with Crippen molar-refractivity contribution in [2.45, 2.75) is 13.3 Å². The van der Waals surface area contributed by atoms with E-state index in [1.54, 1.807) is 25.3 Å². The predicted molar refractivity (Wildman–Crippen MR) is 83.0 cm³/mol. The lowest BCUT2D eigenvalue weighted by Gasteiger charge is -2.03. The summed E-state index contributed by atoms with van der Waals surface area (Å²) in [5.41, 5.74) is 1.63. The zero-order chi connectivity index (χ0) is 15.3. The van der Waals surface area contributed by atoms with Crippen molar-refractivity contribution in [3.8, 4) is 0 Å². The van der Waals surface area contributed by atoms with E-state index in [1.807, 2.05) is 29.0 Å². The summed E-state index contributed by atoms with van der Waals surface area (Å²) in [5, 5.41) is 0.903. The molecular formula is C15H16N2O3S. The van der Waals surface area contributed by atoms with Crippen molar-refractivity contribution in [3.63, 3.8) is 0 Å². The summed E-state index contributed by atoms with van der Waals surface area (Å²) in [4.78, 5) is 15.9. The standard InChI is InChI=1S/C15H16N2O3S/c1-2-11-21(19,20)17-15(18)8-7-12-9-10-16-14-6-4-3-5-13(12)14/h3-10H,2,11H2,1H3,(H,17,18)/b8-7+. The lowest BCUT2D eigenvalue weighted by molar-refractivity contribution is -0.114. The minimum atomic E-state index is -3.54. The van der Waals surface area contributed by atoms with Crippen molar-refractivity contribution in [2.75, 3.05) is 5.75 Å². The lowest BCUT2D eigenvalue weighted by Crippen LogP contribution is -2.30. The highest BCUT2D eigenvalue weighted by molar-refractivity contribution is 7.90. The van der Waals surface area contributed by atoms with Gasteiger partial charge >= 0.3 is 0 Å². The molecule has 1 N–H and O–H groups in total. The van der Waals surface area contributed by atoms with Gasteiger partial charge in [0, 0.05) is 17.7 Å². The Morgan fingerprint density at radius 3 is 2.81 bits per heavy atom. The van der Waals surface area contributed by atoms with Crippen molar-refractivity contribution >= 4 is 32.9 Å². The van der Waals surface area contributed by atoms with Gasteiger partial charge in [0.1, 0.15) is 0 Å². The molecule has 0 aliphatic carbocycles. The third kappa shape index (κ3) is 4.13. The Labute approximate surface area is 123 Å². The molecule has 1 aromatic carbocycles. The Morgan fingerprint density at radius 2 is 2.05 bits per heavy atom. The van der Waals surface area contributed by atoms with Gasteiger partial charge in [-0.1, -0.05) is 25.1 Å². The molecule has 0 fully saturated rings. The van der Waals surface area contributed by atoms with E-state index in [-0.39, 0.29) is 5.75 Å². The molecule has 1 aromatic heterocycles. The van der Waals surface area contributed by atoms with E-state index in [0.29, 0.717) is 6.42 Å². The lowest BCUT2D eigenvalue weighted by atomic mass is 10.1. The SMILES string of the molecule is CCCS(=O)(=O)NC(=O)/C=C/c1ccnc2ccccc12. The summed E-state index contributed by atoms with van der Waals surface area (Å²) in [6, 6.07) is 9.30. The van der Waals surface area contributed by atoms with Crippen LogP contribution in [-0.4, -0.2) is 25.1 Å². The number of amides is 1. The van der Waals surface area contributed by atoms with Crippen molar-refractivity contribution in [1.29, 1.82) is 0 Å². The fraction of sp³-hybridized carbons (Fsp3) is 0.200. The Hall–Kier alpha value is -2.21. The summed E-state index contributed by atoms with van der Waals surface area (Å²) >= 11 is 0. The molecule has 2 aromatic rings. The molecule has 0 bridgehead atoms. The van der Waals surface area contributed by atoms with Gasteiger partial charge in [-0.15, -0.1) is 0 Å². The first-order chi connectivity index (χ1) is 10.0. The number of hydrogen-bond donors (Lipinski definition) is 1. The quantitative estimate of drug-likeness (QED) is 0.858. The van der Waals surface area contributed by atoms with Crippen LogP contribution < -0.4 is 4.72 Å². The topological polar surface area (TPSA) is 76.1 Å². The monoisotopic (exact) mass is 304 g/mol. The van der Waals surface area contributed by atoms with Crippen LogP contribution in [0.5, 0.6) is 0 Å².